The number of unbranched alkanes of at least 4 members (excludes halogenated alkanes) is 5. The average molecular weight is 361 g/mol. The normalized spacial score (nSPS) is 12.9. The fourth-order valence-corrected chi connectivity index (χ4v) is 5.15. The van der Waals surface area contributed by atoms with Crippen molar-refractivity contribution in [2.24, 2.45) is 0 Å². The van der Waals surface area contributed by atoms with Crippen molar-refractivity contribution in [1.82, 2.24) is 0 Å². The molecule has 0 aromatic rings. The molecule has 0 aromatic carbocycles. The Morgan fingerprint density at radius 3 is 2.04 bits per heavy atom. The third-order valence-electron chi connectivity index (χ3n) is 3.53. The molecule has 0 saturated heterocycles. The van der Waals surface area contributed by atoms with Crippen molar-refractivity contribution in [1.29, 1.82) is 0 Å². The van der Waals surface area contributed by atoms with E-state index >= 15 is 0 Å². The van der Waals surface area contributed by atoms with Gasteiger partial charge in [-0.25, -0.2) is 4.79 Å². The molecule has 5 nitrogen and oxygen atoms in total. The average Bonchev–Trinajstić information content (AvgIpc) is 2.51. The molecule has 6 heteroatoms. The maximum atomic E-state index is 11.6. The first-order valence-corrected chi connectivity index (χ1v) is 11.2. The van der Waals surface area contributed by atoms with Gasteiger partial charge in [0, 0.05) is 24.8 Å². The summed E-state index contributed by atoms with van der Waals surface area (Å²) in [5, 5.41) is 0. The number of esters is 1. The number of carbonyl (C=O) groups is 1. The Bertz CT molecular complexity index is 353. The van der Waals surface area contributed by atoms with E-state index in [2.05, 4.69) is 13.5 Å². The van der Waals surface area contributed by atoms with Gasteiger partial charge in [-0.05, 0) is 34.1 Å². The number of hydrogen-bond donors (Lipinski definition) is 0. The van der Waals surface area contributed by atoms with Crippen molar-refractivity contribution < 1.29 is 22.8 Å². The molecule has 0 heterocycles. The zero-order chi connectivity index (χ0) is 18.4. The van der Waals surface area contributed by atoms with Crippen LogP contribution in [0.1, 0.15) is 73.1 Å². The third kappa shape index (κ3) is 10.2. The van der Waals surface area contributed by atoms with E-state index in [1.165, 1.54) is 25.7 Å². The minimum Gasteiger partial charge on any atom is -0.434 e. The minimum atomic E-state index is -2.84. The minimum absolute atomic E-state index is 0.349. The van der Waals surface area contributed by atoms with Crippen LogP contribution in [0.2, 0.25) is 6.04 Å². The van der Waals surface area contributed by atoms with Gasteiger partial charge in [0.25, 0.3) is 0 Å². The molecule has 0 amide bonds. The summed E-state index contributed by atoms with van der Waals surface area (Å²) in [4.78, 5) is 11.6. The van der Waals surface area contributed by atoms with Crippen molar-refractivity contribution in [2.75, 3.05) is 13.2 Å². The van der Waals surface area contributed by atoms with E-state index in [-0.39, 0.29) is 0 Å². The quantitative estimate of drug-likeness (QED) is 0.137. The monoisotopic (exact) mass is 360 g/mol. The highest BCUT2D eigenvalue weighted by Gasteiger charge is 2.42. The van der Waals surface area contributed by atoms with Crippen molar-refractivity contribution in [3.05, 3.63) is 12.2 Å². The summed E-state index contributed by atoms with van der Waals surface area (Å²) in [7, 11) is -2.84. The van der Waals surface area contributed by atoms with Crippen molar-refractivity contribution in [3.63, 3.8) is 0 Å². The summed E-state index contributed by atoms with van der Waals surface area (Å²) >= 11 is 0. The number of carbonyl (C=O) groups excluding carboxylic acids is 1. The van der Waals surface area contributed by atoms with Crippen LogP contribution in [0.15, 0.2) is 12.2 Å². The highest BCUT2D eigenvalue weighted by molar-refractivity contribution is 6.60. The van der Waals surface area contributed by atoms with Crippen LogP contribution in [0.4, 0.5) is 0 Å². The lowest BCUT2D eigenvalue weighted by atomic mass is 10.1. The van der Waals surface area contributed by atoms with Gasteiger partial charge in [0.15, 0.2) is 6.29 Å². The first-order valence-electron chi connectivity index (χ1n) is 9.23. The standard InChI is InChI=1S/C18H36O5Si/c1-7-10-11-12-13-14-15-24(20-8-2,21-9-3)23-17(6)22-18(19)16(4)5/h17H,4,7-15H2,1-3,5-6H3. The van der Waals surface area contributed by atoms with E-state index in [0.717, 1.165) is 18.9 Å². The van der Waals surface area contributed by atoms with Crippen LogP contribution in [-0.4, -0.2) is 34.3 Å². The number of rotatable bonds is 15. The lowest BCUT2D eigenvalue weighted by Gasteiger charge is -2.31. The second kappa shape index (κ2) is 13.6. The molecule has 24 heavy (non-hydrogen) atoms. The molecule has 0 bridgehead atoms. The molecule has 142 valence electrons. The first kappa shape index (κ1) is 23.3. The van der Waals surface area contributed by atoms with Crippen LogP contribution in [0.5, 0.6) is 0 Å². The fraction of sp³-hybridized carbons (Fsp3) is 0.833. The van der Waals surface area contributed by atoms with Crippen LogP contribution in [0.3, 0.4) is 0 Å². The predicted molar refractivity (Wildman–Crippen MR) is 98.6 cm³/mol. The molecule has 0 spiro atoms. The lowest BCUT2D eigenvalue weighted by molar-refractivity contribution is -0.162. The summed E-state index contributed by atoms with van der Waals surface area (Å²) in [6.45, 7) is 14.0. The lowest BCUT2D eigenvalue weighted by Crippen LogP contribution is -2.48. The van der Waals surface area contributed by atoms with Gasteiger partial charge in [-0.2, -0.15) is 0 Å². The zero-order valence-corrected chi connectivity index (χ0v) is 17.2. The first-order chi connectivity index (χ1) is 11.4. The van der Waals surface area contributed by atoms with Gasteiger partial charge in [-0.15, -0.1) is 0 Å². The van der Waals surface area contributed by atoms with E-state index in [1.54, 1.807) is 13.8 Å². The van der Waals surface area contributed by atoms with Crippen LogP contribution in [0, 0.1) is 0 Å². The number of ether oxygens (including phenoxy) is 1. The van der Waals surface area contributed by atoms with Gasteiger partial charge in [0.1, 0.15) is 0 Å². The van der Waals surface area contributed by atoms with Crippen LogP contribution in [-0.2, 0) is 22.8 Å². The summed E-state index contributed by atoms with van der Waals surface area (Å²) in [6, 6.07) is 0.746. The molecule has 1 atom stereocenters. The van der Waals surface area contributed by atoms with Gasteiger partial charge in [0.2, 0.25) is 0 Å². The van der Waals surface area contributed by atoms with E-state index in [0.29, 0.717) is 18.8 Å². The van der Waals surface area contributed by atoms with Crippen molar-refractivity contribution >= 4 is 14.8 Å². The Balaban J connectivity index is 4.61. The van der Waals surface area contributed by atoms with Gasteiger partial charge in [-0.3, -0.25) is 0 Å². The van der Waals surface area contributed by atoms with E-state index in [1.807, 2.05) is 13.8 Å². The largest absolute Gasteiger partial charge is 0.503 e. The molecule has 0 radical (unpaired) electrons. The smallest absolute Gasteiger partial charge is 0.434 e. The highest BCUT2D eigenvalue weighted by atomic mass is 28.4. The molecular weight excluding hydrogens is 324 g/mol. The molecule has 0 aliphatic carbocycles. The third-order valence-corrected chi connectivity index (χ3v) is 6.65. The molecule has 0 saturated carbocycles. The second-order valence-corrected chi connectivity index (χ2v) is 8.62. The molecule has 0 fully saturated rings. The summed E-state index contributed by atoms with van der Waals surface area (Å²) in [5.41, 5.74) is 0.349. The maximum Gasteiger partial charge on any atom is 0.503 e. The highest BCUT2D eigenvalue weighted by Crippen LogP contribution is 2.23. The van der Waals surface area contributed by atoms with Crippen molar-refractivity contribution in [3.8, 4) is 0 Å². The Kier molecular flexibility index (Phi) is 13.2. The van der Waals surface area contributed by atoms with Gasteiger partial charge >= 0.3 is 14.8 Å². The van der Waals surface area contributed by atoms with Gasteiger partial charge in [0.05, 0.1) is 0 Å². The Labute approximate surface area is 149 Å². The topological polar surface area (TPSA) is 54.0 Å². The summed E-state index contributed by atoms with van der Waals surface area (Å²) < 4.78 is 23.0. The summed E-state index contributed by atoms with van der Waals surface area (Å²) in [5.74, 6) is -0.460. The molecule has 0 aliphatic rings. The van der Waals surface area contributed by atoms with E-state index in [9.17, 15) is 4.79 Å². The molecule has 0 N–H and O–H groups in total. The van der Waals surface area contributed by atoms with Crippen molar-refractivity contribution in [2.45, 2.75) is 85.5 Å². The van der Waals surface area contributed by atoms with E-state index < -0.39 is 21.1 Å². The fourth-order valence-electron chi connectivity index (χ4n) is 2.40. The van der Waals surface area contributed by atoms with Crippen LogP contribution in [0.25, 0.3) is 0 Å². The Morgan fingerprint density at radius 2 is 1.54 bits per heavy atom. The molecule has 1 unspecified atom stereocenters. The SMILES string of the molecule is C=C(C)C(=O)OC(C)O[Si](CCCCCCCC)(OCC)OCC. The Hall–Kier alpha value is -0.693. The zero-order valence-electron chi connectivity index (χ0n) is 16.2. The molecule has 0 rings (SSSR count). The maximum absolute atomic E-state index is 11.6. The molecular formula is C18H36O5Si. The van der Waals surface area contributed by atoms with E-state index in [4.69, 9.17) is 18.0 Å². The van der Waals surface area contributed by atoms with Crippen LogP contribution < -0.4 is 0 Å². The van der Waals surface area contributed by atoms with Gasteiger partial charge in [-0.1, -0.05) is 45.6 Å². The Morgan fingerprint density at radius 1 is 1.00 bits per heavy atom. The summed E-state index contributed by atoms with van der Waals surface area (Å²) in [6.07, 6.45) is 6.43. The van der Waals surface area contributed by atoms with Gasteiger partial charge < -0.3 is 18.0 Å². The second-order valence-electron chi connectivity index (χ2n) is 5.94. The molecule has 0 aliphatic heterocycles. The number of hydrogen-bond acceptors (Lipinski definition) is 5. The molecule has 0 aromatic heterocycles. The predicted octanol–water partition coefficient (Wildman–Crippen LogP) is 4.84. The van der Waals surface area contributed by atoms with Crippen LogP contribution >= 0.6 is 0 Å².